The summed E-state index contributed by atoms with van der Waals surface area (Å²) in [6, 6.07) is 2.08. The van der Waals surface area contributed by atoms with E-state index < -0.39 is 0 Å². The van der Waals surface area contributed by atoms with Gasteiger partial charge in [0.25, 0.3) is 5.56 Å². The van der Waals surface area contributed by atoms with Crippen molar-refractivity contribution in [2.24, 2.45) is 0 Å². The molecule has 5 nitrogen and oxygen atoms in total. The van der Waals surface area contributed by atoms with E-state index in [4.69, 9.17) is 0 Å². The molecule has 2 aromatic rings. The fourth-order valence-corrected chi connectivity index (χ4v) is 3.46. The number of aromatic nitrogens is 2. The Bertz CT molecular complexity index is 670. The molecule has 0 radical (unpaired) electrons. The zero-order valence-corrected chi connectivity index (χ0v) is 12.0. The van der Waals surface area contributed by atoms with Crippen LogP contribution in [0.4, 0.5) is 0 Å². The van der Waals surface area contributed by atoms with E-state index in [0.717, 1.165) is 12.8 Å². The van der Waals surface area contributed by atoms with Gasteiger partial charge in [0.2, 0.25) is 5.91 Å². The quantitative estimate of drug-likeness (QED) is 0.939. The number of fused-ring (bicyclic) bond motifs is 1. The summed E-state index contributed by atoms with van der Waals surface area (Å²) >= 11 is 1.36. The molecule has 1 aliphatic carbocycles. The molecule has 2 heterocycles. The maximum absolute atomic E-state index is 12.2. The van der Waals surface area contributed by atoms with Gasteiger partial charge in [-0.25, -0.2) is 4.98 Å². The Kier molecular flexibility index (Phi) is 3.82. The van der Waals surface area contributed by atoms with Crippen molar-refractivity contribution in [3.8, 4) is 0 Å². The highest BCUT2D eigenvalue weighted by Crippen LogP contribution is 2.17. The number of amides is 1. The van der Waals surface area contributed by atoms with Crippen LogP contribution in [0.15, 0.2) is 22.6 Å². The van der Waals surface area contributed by atoms with E-state index in [2.05, 4.69) is 10.3 Å². The largest absolute Gasteiger partial charge is 0.352 e. The van der Waals surface area contributed by atoms with Crippen LogP contribution in [0.5, 0.6) is 0 Å². The van der Waals surface area contributed by atoms with Gasteiger partial charge in [-0.2, -0.15) is 0 Å². The maximum atomic E-state index is 12.2. The second-order valence-electron chi connectivity index (χ2n) is 5.22. The zero-order valence-electron chi connectivity index (χ0n) is 11.2. The Labute approximate surface area is 120 Å². The average Bonchev–Trinajstić information content (AvgIpc) is 2.92. The number of hydrogen-bond donors (Lipinski definition) is 1. The summed E-state index contributed by atoms with van der Waals surface area (Å²) in [4.78, 5) is 28.4. The smallest absolute Gasteiger partial charge is 0.271 e. The Morgan fingerprint density at radius 1 is 1.40 bits per heavy atom. The van der Waals surface area contributed by atoms with Crippen LogP contribution in [0.1, 0.15) is 32.1 Å². The summed E-state index contributed by atoms with van der Waals surface area (Å²) in [6.07, 6.45) is 7.15. The molecule has 1 saturated carbocycles. The van der Waals surface area contributed by atoms with Gasteiger partial charge >= 0.3 is 0 Å². The number of carbonyl (C=O) groups excluding carboxylic acids is 1. The molecule has 0 aromatic carbocycles. The van der Waals surface area contributed by atoms with Crippen LogP contribution in [0.2, 0.25) is 0 Å². The number of nitrogens with one attached hydrogen (secondary N) is 1. The fourth-order valence-electron chi connectivity index (χ4n) is 2.67. The van der Waals surface area contributed by atoms with E-state index >= 15 is 0 Å². The second kappa shape index (κ2) is 5.75. The zero-order chi connectivity index (χ0) is 13.9. The molecule has 1 aliphatic rings. The Morgan fingerprint density at radius 2 is 2.20 bits per heavy atom. The molecular weight excluding hydrogens is 274 g/mol. The minimum atomic E-state index is -0.135. The van der Waals surface area contributed by atoms with Crippen molar-refractivity contribution in [2.45, 2.75) is 44.7 Å². The molecule has 0 aliphatic heterocycles. The summed E-state index contributed by atoms with van der Waals surface area (Å²) in [6.45, 7) is 0.0518. The second-order valence-corrected chi connectivity index (χ2v) is 6.13. The van der Waals surface area contributed by atoms with Crippen LogP contribution in [0, 0.1) is 0 Å². The lowest BCUT2D eigenvalue weighted by atomic mass is 9.95. The molecule has 0 saturated heterocycles. The third-order valence-electron chi connectivity index (χ3n) is 3.72. The first kappa shape index (κ1) is 13.3. The van der Waals surface area contributed by atoms with Gasteiger partial charge in [0, 0.05) is 6.04 Å². The Morgan fingerprint density at radius 3 is 3.00 bits per heavy atom. The van der Waals surface area contributed by atoms with E-state index in [1.165, 1.54) is 41.5 Å². The Hall–Kier alpha value is -1.69. The van der Waals surface area contributed by atoms with Crippen LogP contribution >= 0.6 is 11.3 Å². The van der Waals surface area contributed by atoms with Gasteiger partial charge in [-0.1, -0.05) is 19.3 Å². The first-order chi connectivity index (χ1) is 9.74. The summed E-state index contributed by atoms with van der Waals surface area (Å²) in [5.41, 5.74) is 0.563. The highest BCUT2D eigenvalue weighted by molar-refractivity contribution is 7.17. The van der Waals surface area contributed by atoms with E-state index in [9.17, 15) is 9.59 Å². The van der Waals surface area contributed by atoms with Crippen molar-refractivity contribution >= 4 is 27.5 Å². The molecule has 1 fully saturated rings. The van der Waals surface area contributed by atoms with Gasteiger partial charge in [0.05, 0.1) is 11.8 Å². The number of rotatable bonds is 3. The standard InChI is InChI=1S/C14H17N3O2S/c18-12(16-10-4-2-1-3-5-10)8-17-9-15-11-6-7-20-13(11)14(17)19/h6-7,9-10H,1-5,8H2,(H,16,18). The third kappa shape index (κ3) is 2.75. The summed E-state index contributed by atoms with van der Waals surface area (Å²) in [5, 5.41) is 4.85. The minimum Gasteiger partial charge on any atom is -0.352 e. The number of nitrogens with zero attached hydrogens (tertiary/aromatic N) is 2. The van der Waals surface area contributed by atoms with E-state index in [0.29, 0.717) is 10.2 Å². The monoisotopic (exact) mass is 291 g/mol. The SMILES string of the molecule is O=C(Cn1cnc2ccsc2c1=O)NC1CCCCC1. The summed E-state index contributed by atoms with van der Waals surface area (Å²) in [7, 11) is 0. The molecule has 3 rings (SSSR count). The van der Waals surface area contributed by atoms with Gasteiger partial charge in [0.15, 0.2) is 0 Å². The predicted octanol–water partition coefficient (Wildman–Crippen LogP) is 1.91. The highest BCUT2D eigenvalue weighted by Gasteiger charge is 2.16. The molecule has 106 valence electrons. The molecule has 0 atom stereocenters. The van der Waals surface area contributed by atoms with Crippen molar-refractivity contribution in [1.82, 2.24) is 14.9 Å². The van der Waals surface area contributed by atoms with E-state index in [-0.39, 0.29) is 24.1 Å². The lowest BCUT2D eigenvalue weighted by molar-refractivity contribution is -0.122. The molecular formula is C14H17N3O2S. The van der Waals surface area contributed by atoms with Crippen molar-refractivity contribution < 1.29 is 4.79 Å². The summed E-state index contributed by atoms with van der Waals surface area (Å²) < 4.78 is 2.00. The van der Waals surface area contributed by atoms with E-state index in [1.54, 1.807) is 0 Å². The molecule has 0 unspecified atom stereocenters. The first-order valence-corrected chi connectivity index (χ1v) is 7.84. The molecule has 2 aromatic heterocycles. The molecule has 1 amide bonds. The molecule has 0 bridgehead atoms. The minimum absolute atomic E-state index is 0.0518. The van der Waals surface area contributed by atoms with Gasteiger partial charge in [-0.15, -0.1) is 11.3 Å². The maximum Gasteiger partial charge on any atom is 0.271 e. The van der Waals surface area contributed by atoms with Crippen molar-refractivity contribution in [1.29, 1.82) is 0 Å². The fraction of sp³-hybridized carbons (Fsp3) is 0.500. The van der Waals surface area contributed by atoms with Gasteiger partial charge in [-0.3, -0.25) is 14.2 Å². The van der Waals surface area contributed by atoms with Crippen molar-refractivity contribution in [3.05, 3.63) is 28.1 Å². The normalized spacial score (nSPS) is 16.4. The van der Waals surface area contributed by atoms with E-state index in [1.807, 2.05) is 11.4 Å². The molecule has 1 N–H and O–H groups in total. The Balaban J connectivity index is 1.70. The summed E-state index contributed by atoms with van der Waals surface area (Å²) in [5.74, 6) is -0.100. The number of thiophene rings is 1. The van der Waals surface area contributed by atoms with Crippen LogP contribution in [-0.4, -0.2) is 21.5 Å². The predicted molar refractivity (Wildman–Crippen MR) is 78.9 cm³/mol. The topological polar surface area (TPSA) is 64.0 Å². The van der Waals surface area contributed by atoms with Gasteiger partial charge in [0.1, 0.15) is 11.2 Å². The van der Waals surface area contributed by atoms with Crippen LogP contribution in [-0.2, 0) is 11.3 Å². The third-order valence-corrected chi connectivity index (χ3v) is 4.61. The number of hydrogen-bond acceptors (Lipinski definition) is 4. The number of carbonyl (C=O) groups is 1. The first-order valence-electron chi connectivity index (χ1n) is 6.96. The van der Waals surface area contributed by atoms with Crippen LogP contribution in [0.25, 0.3) is 10.2 Å². The lowest BCUT2D eigenvalue weighted by Gasteiger charge is -2.22. The molecule has 0 spiro atoms. The highest BCUT2D eigenvalue weighted by atomic mass is 32.1. The van der Waals surface area contributed by atoms with Gasteiger partial charge < -0.3 is 5.32 Å². The van der Waals surface area contributed by atoms with Crippen LogP contribution in [0.3, 0.4) is 0 Å². The van der Waals surface area contributed by atoms with Crippen molar-refractivity contribution in [3.63, 3.8) is 0 Å². The molecule has 20 heavy (non-hydrogen) atoms. The van der Waals surface area contributed by atoms with Crippen LogP contribution < -0.4 is 10.9 Å². The molecule has 6 heteroatoms. The van der Waals surface area contributed by atoms with Crippen molar-refractivity contribution in [2.75, 3.05) is 0 Å². The average molecular weight is 291 g/mol. The van der Waals surface area contributed by atoms with Gasteiger partial charge in [-0.05, 0) is 24.3 Å². The lowest BCUT2D eigenvalue weighted by Crippen LogP contribution is -2.39.